The van der Waals surface area contributed by atoms with Crippen LogP contribution in [-0.4, -0.2) is 21.7 Å². The van der Waals surface area contributed by atoms with Crippen molar-refractivity contribution in [3.8, 4) is 0 Å². The fourth-order valence-electron chi connectivity index (χ4n) is 2.64. The van der Waals surface area contributed by atoms with Crippen LogP contribution in [0.25, 0.3) is 0 Å². The summed E-state index contributed by atoms with van der Waals surface area (Å²) in [7, 11) is 0. The van der Waals surface area contributed by atoms with Gasteiger partial charge < -0.3 is 10.2 Å². The molecule has 0 aliphatic carbocycles. The van der Waals surface area contributed by atoms with Crippen molar-refractivity contribution in [2.45, 2.75) is 26.6 Å². The molecule has 0 unspecified atom stereocenters. The number of fused-ring (bicyclic) bond motifs is 1. The second kappa shape index (κ2) is 6.38. The second-order valence-corrected chi connectivity index (χ2v) is 6.00. The van der Waals surface area contributed by atoms with E-state index in [9.17, 15) is 9.59 Å². The Balaban J connectivity index is 1.73. The number of amides is 2. The number of hydrogen-bond acceptors (Lipinski definition) is 3. The molecule has 0 saturated carbocycles. The van der Waals surface area contributed by atoms with Crippen molar-refractivity contribution in [3.63, 3.8) is 0 Å². The summed E-state index contributed by atoms with van der Waals surface area (Å²) in [6, 6.07) is 7.65. The Kier molecular flexibility index (Phi) is 4.30. The first-order valence-corrected chi connectivity index (χ1v) is 7.65. The van der Waals surface area contributed by atoms with E-state index >= 15 is 0 Å². The Morgan fingerprint density at radius 2 is 2.00 bits per heavy atom. The molecule has 0 atom stereocenters. The third-order valence-electron chi connectivity index (χ3n) is 3.77. The van der Waals surface area contributed by atoms with E-state index in [0.29, 0.717) is 30.2 Å². The number of pyridine rings is 1. The Bertz CT molecular complexity index is 776. The van der Waals surface area contributed by atoms with Crippen molar-refractivity contribution < 1.29 is 9.59 Å². The summed E-state index contributed by atoms with van der Waals surface area (Å²) in [5.74, 6) is -0.143. The monoisotopic (exact) mass is 329 g/mol. The molecule has 1 aromatic heterocycles. The van der Waals surface area contributed by atoms with Gasteiger partial charge in [0.25, 0.3) is 5.91 Å². The Labute approximate surface area is 139 Å². The van der Waals surface area contributed by atoms with Crippen molar-refractivity contribution in [3.05, 3.63) is 63.9 Å². The maximum absolute atomic E-state index is 12.5. The van der Waals surface area contributed by atoms with Gasteiger partial charge in [-0.15, -0.1) is 0 Å². The minimum absolute atomic E-state index is 0.0595. The van der Waals surface area contributed by atoms with Gasteiger partial charge in [0.1, 0.15) is 0 Å². The van der Waals surface area contributed by atoms with E-state index in [1.165, 1.54) is 19.3 Å². The lowest BCUT2D eigenvalue weighted by Gasteiger charge is -2.15. The Hall–Kier alpha value is -2.40. The van der Waals surface area contributed by atoms with E-state index in [-0.39, 0.29) is 11.8 Å². The first-order chi connectivity index (χ1) is 11.0. The zero-order chi connectivity index (χ0) is 16.4. The summed E-state index contributed by atoms with van der Waals surface area (Å²) in [4.78, 5) is 29.3. The third-order valence-corrected chi connectivity index (χ3v) is 3.98. The zero-order valence-corrected chi connectivity index (χ0v) is 13.4. The van der Waals surface area contributed by atoms with Crippen molar-refractivity contribution in [1.29, 1.82) is 0 Å². The lowest BCUT2D eigenvalue weighted by molar-refractivity contribution is -0.119. The lowest BCUT2D eigenvalue weighted by atomic mass is 10.1. The van der Waals surface area contributed by atoms with Crippen LogP contribution in [0.2, 0.25) is 5.02 Å². The van der Waals surface area contributed by atoms with Crippen molar-refractivity contribution in [1.82, 2.24) is 15.2 Å². The number of nitrogens with zero attached hydrogens (tertiary/aromatic N) is 2. The lowest BCUT2D eigenvalue weighted by Crippen LogP contribution is -2.25. The fourth-order valence-corrected chi connectivity index (χ4v) is 2.81. The van der Waals surface area contributed by atoms with Gasteiger partial charge in [-0.05, 0) is 22.8 Å². The van der Waals surface area contributed by atoms with E-state index in [4.69, 9.17) is 11.6 Å². The number of aromatic nitrogens is 1. The number of rotatable bonds is 3. The van der Waals surface area contributed by atoms with Gasteiger partial charge in [0.15, 0.2) is 0 Å². The van der Waals surface area contributed by atoms with Crippen LogP contribution < -0.4 is 5.32 Å². The van der Waals surface area contributed by atoms with Crippen LogP contribution in [-0.2, 0) is 24.4 Å². The van der Waals surface area contributed by atoms with E-state index in [0.717, 1.165) is 16.7 Å². The highest BCUT2D eigenvalue weighted by atomic mass is 35.5. The number of hydrogen-bond donors (Lipinski definition) is 1. The van der Waals surface area contributed by atoms with Crippen LogP contribution in [0.4, 0.5) is 0 Å². The summed E-state index contributed by atoms with van der Waals surface area (Å²) in [6.07, 6.45) is 3.03. The topological polar surface area (TPSA) is 62.3 Å². The third kappa shape index (κ3) is 3.51. The molecule has 0 fully saturated rings. The summed E-state index contributed by atoms with van der Waals surface area (Å²) in [5.41, 5.74) is 3.75. The summed E-state index contributed by atoms with van der Waals surface area (Å²) >= 11 is 5.90. The summed E-state index contributed by atoms with van der Waals surface area (Å²) in [5, 5.41) is 3.23. The Morgan fingerprint density at radius 3 is 2.74 bits per heavy atom. The largest absolute Gasteiger partial charge is 0.352 e. The zero-order valence-electron chi connectivity index (χ0n) is 12.7. The second-order valence-electron chi connectivity index (χ2n) is 5.57. The van der Waals surface area contributed by atoms with Crippen LogP contribution in [0.1, 0.15) is 34.0 Å². The highest BCUT2D eigenvalue weighted by Crippen LogP contribution is 2.25. The molecule has 2 heterocycles. The summed E-state index contributed by atoms with van der Waals surface area (Å²) < 4.78 is 0. The molecule has 0 radical (unpaired) electrons. The molecular weight excluding hydrogens is 314 g/mol. The number of nitrogens with one attached hydrogen (secondary N) is 1. The van der Waals surface area contributed by atoms with E-state index in [1.807, 2.05) is 18.2 Å². The van der Waals surface area contributed by atoms with Crippen LogP contribution in [0.5, 0.6) is 0 Å². The van der Waals surface area contributed by atoms with Gasteiger partial charge in [-0.3, -0.25) is 14.6 Å². The normalized spacial score (nSPS) is 12.9. The average Bonchev–Trinajstić information content (AvgIpc) is 2.95. The van der Waals surface area contributed by atoms with Gasteiger partial charge in [0.05, 0.1) is 10.6 Å². The highest BCUT2D eigenvalue weighted by Gasteiger charge is 2.24. The van der Waals surface area contributed by atoms with Crippen molar-refractivity contribution in [2.75, 3.05) is 0 Å². The average molecular weight is 330 g/mol. The van der Waals surface area contributed by atoms with Gasteiger partial charge in [0, 0.05) is 39.0 Å². The molecule has 5 nitrogen and oxygen atoms in total. The smallest absolute Gasteiger partial charge is 0.256 e. The molecule has 6 heteroatoms. The molecule has 0 spiro atoms. The predicted molar refractivity (Wildman–Crippen MR) is 86.8 cm³/mol. The molecule has 1 aliphatic rings. The fraction of sp³-hybridized carbons (Fsp3) is 0.235. The highest BCUT2D eigenvalue weighted by molar-refractivity contribution is 6.30. The van der Waals surface area contributed by atoms with E-state index in [1.54, 1.807) is 11.0 Å². The maximum atomic E-state index is 12.5. The number of halogens is 1. The molecule has 2 aromatic rings. The molecule has 3 rings (SSSR count). The molecule has 0 saturated heterocycles. The number of benzene rings is 1. The van der Waals surface area contributed by atoms with Crippen LogP contribution in [0, 0.1) is 0 Å². The van der Waals surface area contributed by atoms with Gasteiger partial charge in [-0.25, -0.2) is 0 Å². The standard InChI is InChI=1S/C17H16ClN3O2/c1-11(22)20-6-12-2-3-13-9-21(10-15(13)4-12)17(23)14-5-16(18)8-19-7-14/h2-5,7-8H,6,9-10H2,1H3,(H,20,22). The van der Waals surface area contributed by atoms with Gasteiger partial charge in [0.2, 0.25) is 5.91 Å². The van der Waals surface area contributed by atoms with Crippen molar-refractivity contribution in [2.24, 2.45) is 0 Å². The molecular formula is C17H16ClN3O2. The summed E-state index contributed by atoms with van der Waals surface area (Å²) in [6.45, 7) is 3.11. The van der Waals surface area contributed by atoms with Crippen LogP contribution >= 0.6 is 11.6 Å². The predicted octanol–water partition coefficient (Wildman–Crippen LogP) is 2.53. The molecule has 2 amide bonds. The minimum Gasteiger partial charge on any atom is -0.352 e. The van der Waals surface area contributed by atoms with Crippen molar-refractivity contribution >= 4 is 23.4 Å². The molecule has 1 aromatic carbocycles. The van der Waals surface area contributed by atoms with Gasteiger partial charge in [-0.1, -0.05) is 29.8 Å². The Morgan fingerprint density at radius 1 is 1.22 bits per heavy atom. The molecule has 1 N–H and O–H groups in total. The van der Waals surface area contributed by atoms with Gasteiger partial charge >= 0.3 is 0 Å². The van der Waals surface area contributed by atoms with E-state index < -0.39 is 0 Å². The minimum atomic E-state index is -0.0837. The molecule has 0 bridgehead atoms. The SMILES string of the molecule is CC(=O)NCc1ccc2c(c1)CN(C(=O)c1cncc(Cl)c1)C2. The quantitative estimate of drug-likeness (QED) is 0.941. The van der Waals surface area contributed by atoms with E-state index in [2.05, 4.69) is 10.3 Å². The number of carbonyl (C=O) groups is 2. The van der Waals surface area contributed by atoms with Gasteiger partial charge in [-0.2, -0.15) is 0 Å². The van der Waals surface area contributed by atoms with Crippen LogP contribution in [0.15, 0.2) is 36.7 Å². The molecule has 118 valence electrons. The van der Waals surface area contributed by atoms with Crippen LogP contribution in [0.3, 0.4) is 0 Å². The maximum Gasteiger partial charge on any atom is 0.256 e. The first-order valence-electron chi connectivity index (χ1n) is 7.28. The molecule has 1 aliphatic heterocycles. The number of carbonyl (C=O) groups excluding carboxylic acids is 2. The molecule has 23 heavy (non-hydrogen) atoms. The first kappa shape index (κ1) is 15.5.